The molecule has 0 saturated carbocycles. The standard InChI is InChI=1S/C15H22F2N2O/c1-14(2)8-11(15(3,4)20-14)13(19-18)10-6-5-9(16)7-12(10)17/h5-7,11,13,19H,8,18H2,1-4H3. The fourth-order valence-electron chi connectivity index (χ4n) is 3.30. The van der Waals surface area contributed by atoms with Crippen LogP contribution in [0.4, 0.5) is 8.78 Å². The first-order valence-corrected chi connectivity index (χ1v) is 6.77. The number of nitrogens with two attached hydrogens (primary N) is 1. The lowest BCUT2D eigenvalue weighted by molar-refractivity contribution is -0.0779. The van der Waals surface area contributed by atoms with Crippen LogP contribution in [-0.2, 0) is 4.74 Å². The Hall–Kier alpha value is -1.04. The summed E-state index contributed by atoms with van der Waals surface area (Å²) in [6, 6.07) is 3.15. The topological polar surface area (TPSA) is 47.3 Å². The molecule has 1 aliphatic rings. The molecule has 3 nitrogen and oxygen atoms in total. The number of hydrogen-bond donors (Lipinski definition) is 2. The summed E-state index contributed by atoms with van der Waals surface area (Å²) >= 11 is 0. The zero-order valence-electron chi connectivity index (χ0n) is 12.3. The van der Waals surface area contributed by atoms with E-state index < -0.39 is 23.3 Å². The summed E-state index contributed by atoms with van der Waals surface area (Å²) in [4.78, 5) is 0. The Morgan fingerprint density at radius 3 is 2.40 bits per heavy atom. The van der Waals surface area contributed by atoms with Crippen LogP contribution in [0.25, 0.3) is 0 Å². The molecule has 0 spiro atoms. The van der Waals surface area contributed by atoms with Crippen LogP contribution in [0, 0.1) is 17.6 Å². The molecule has 0 radical (unpaired) electrons. The van der Waals surface area contributed by atoms with Crippen molar-refractivity contribution in [1.82, 2.24) is 5.43 Å². The number of hydrogen-bond acceptors (Lipinski definition) is 3. The van der Waals surface area contributed by atoms with E-state index in [2.05, 4.69) is 5.43 Å². The van der Waals surface area contributed by atoms with Crippen LogP contribution in [0.2, 0.25) is 0 Å². The molecule has 1 saturated heterocycles. The Morgan fingerprint density at radius 1 is 1.30 bits per heavy atom. The summed E-state index contributed by atoms with van der Waals surface area (Å²) in [6.45, 7) is 7.95. The molecular formula is C15H22F2N2O. The van der Waals surface area contributed by atoms with Crippen LogP contribution in [0.5, 0.6) is 0 Å². The maximum absolute atomic E-state index is 14.0. The van der Waals surface area contributed by atoms with E-state index in [1.165, 1.54) is 12.1 Å². The van der Waals surface area contributed by atoms with Crippen molar-refractivity contribution in [2.45, 2.75) is 51.4 Å². The number of nitrogens with one attached hydrogen (secondary N) is 1. The molecule has 112 valence electrons. The number of hydrazine groups is 1. The summed E-state index contributed by atoms with van der Waals surface area (Å²) in [6.07, 6.45) is 0.742. The molecule has 2 unspecified atom stereocenters. The van der Waals surface area contributed by atoms with Crippen LogP contribution in [0.15, 0.2) is 18.2 Å². The summed E-state index contributed by atoms with van der Waals surface area (Å²) < 4.78 is 33.1. The van der Waals surface area contributed by atoms with Gasteiger partial charge in [-0.05, 0) is 40.2 Å². The predicted molar refractivity (Wildman–Crippen MR) is 73.8 cm³/mol. The normalized spacial score (nSPS) is 25.6. The van der Waals surface area contributed by atoms with E-state index in [9.17, 15) is 8.78 Å². The number of ether oxygens (including phenoxy) is 1. The van der Waals surface area contributed by atoms with Crippen molar-refractivity contribution in [3.05, 3.63) is 35.4 Å². The zero-order valence-corrected chi connectivity index (χ0v) is 12.3. The molecule has 0 aromatic heterocycles. The van der Waals surface area contributed by atoms with Gasteiger partial charge in [0.2, 0.25) is 0 Å². The van der Waals surface area contributed by atoms with Crippen LogP contribution in [-0.4, -0.2) is 11.2 Å². The Balaban J connectivity index is 2.37. The second-order valence-corrected chi connectivity index (χ2v) is 6.59. The molecule has 1 fully saturated rings. The molecule has 2 rings (SSSR count). The third kappa shape index (κ3) is 2.85. The molecular weight excluding hydrogens is 262 g/mol. The van der Waals surface area contributed by atoms with Crippen LogP contribution in [0.1, 0.15) is 45.7 Å². The van der Waals surface area contributed by atoms with Gasteiger partial charge in [-0.3, -0.25) is 11.3 Å². The molecule has 0 aliphatic carbocycles. The van der Waals surface area contributed by atoms with Crippen LogP contribution < -0.4 is 11.3 Å². The van der Waals surface area contributed by atoms with Gasteiger partial charge < -0.3 is 4.74 Å². The molecule has 0 bridgehead atoms. The minimum absolute atomic E-state index is 0.0116. The van der Waals surface area contributed by atoms with Crippen molar-refractivity contribution in [1.29, 1.82) is 0 Å². The van der Waals surface area contributed by atoms with E-state index in [1.54, 1.807) is 0 Å². The van der Waals surface area contributed by atoms with Gasteiger partial charge in [0.05, 0.1) is 17.2 Å². The first-order valence-electron chi connectivity index (χ1n) is 6.77. The highest BCUT2D eigenvalue weighted by atomic mass is 19.1. The van der Waals surface area contributed by atoms with Gasteiger partial charge in [-0.2, -0.15) is 0 Å². The van der Waals surface area contributed by atoms with Crippen molar-refractivity contribution in [2.75, 3.05) is 0 Å². The van der Waals surface area contributed by atoms with E-state index in [-0.39, 0.29) is 11.5 Å². The van der Waals surface area contributed by atoms with Crippen molar-refractivity contribution >= 4 is 0 Å². The molecule has 20 heavy (non-hydrogen) atoms. The second kappa shape index (κ2) is 5.06. The van der Waals surface area contributed by atoms with E-state index in [1.807, 2.05) is 27.7 Å². The smallest absolute Gasteiger partial charge is 0.130 e. The molecule has 1 heterocycles. The Morgan fingerprint density at radius 2 is 1.95 bits per heavy atom. The average Bonchev–Trinajstić information content (AvgIpc) is 2.51. The van der Waals surface area contributed by atoms with Gasteiger partial charge in [-0.25, -0.2) is 8.78 Å². The lowest BCUT2D eigenvalue weighted by atomic mass is 9.79. The minimum atomic E-state index is -0.593. The highest BCUT2D eigenvalue weighted by molar-refractivity contribution is 5.24. The molecule has 1 aliphatic heterocycles. The SMILES string of the molecule is CC1(C)CC(C(NN)c2ccc(F)cc2F)C(C)(C)O1. The van der Waals surface area contributed by atoms with Gasteiger partial charge in [0.1, 0.15) is 11.6 Å². The molecule has 1 aromatic carbocycles. The van der Waals surface area contributed by atoms with E-state index in [0.29, 0.717) is 5.56 Å². The molecule has 2 atom stereocenters. The Labute approximate surface area is 118 Å². The monoisotopic (exact) mass is 284 g/mol. The maximum atomic E-state index is 14.0. The van der Waals surface area contributed by atoms with Gasteiger partial charge in [0.25, 0.3) is 0 Å². The van der Waals surface area contributed by atoms with Crippen LogP contribution in [0.3, 0.4) is 0 Å². The first-order chi connectivity index (χ1) is 9.16. The van der Waals surface area contributed by atoms with Crippen molar-refractivity contribution in [2.24, 2.45) is 11.8 Å². The molecule has 3 N–H and O–H groups in total. The number of halogens is 2. The number of benzene rings is 1. The molecule has 1 aromatic rings. The van der Waals surface area contributed by atoms with Crippen molar-refractivity contribution in [3.63, 3.8) is 0 Å². The number of rotatable bonds is 3. The largest absolute Gasteiger partial charge is 0.369 e. The minimum Gasteiger partial charge on any atom is -0.369 e. The highest BCUT2D eigenvalue weighted by Crippen LogP contribution is 2.47. The van der Waals surface area contributed by atoms with Gasteiger partial charge in [0, 0.05) is 17.5 Å². The lowest BCUT2D eigenvalue weighted by Crippen LogP contribution is -2.41. The lowest BCUT2D eigenvalue weighted by Gasteiger charge is -2.33. The van der Waals surface area contributed by atoms with E-state index in [4.69, 9.17) is 10.6 Å². The third-order valence-corrected chi connectivity index (χ3v) is 4.02. The fourth-order valence-corrected chi connectivity index (χ4v) is 3.30. The average molecular weight is 284 g/mol. The first kappa shape index (κ1) is 15.4. The molecule has 5 heteroatoms. The van der Waals surface area contributed by atoms with Crippen LogP contribution >= 0.6 is 0 Å². The van der Waals surface area contributed by atoms with E-state index in [0.717, 1.165) is 12.5 Å². The summed E-state index contributed by atoms with van der Waals surface area (Å²) in [5.41, 5.74) is 2.31. The third-order valence-electron chi connectivity index (χ3n) is 4.02. The van der Waals surface area contributed by atoms with E-state index >= 15 is 0 Å². The Kier molecular flexibility index (Phi) is 3.88. The van der Waals surface area contributed by atoms with Gasteiger partial charge in [-0.1, -0.05) is 6.07 Å². The Bertz CT molecular complexity index is 503. The highest BCUT2D eigenvalue weighted by Gasteiger charge is 2.49. The summed E-state index contributed by atoms with van der Waals surface area (Å²) in [5, 5.41) is 0. The van der Waals surface area contributed by atoms with Gasteiger partial charge in [-0.15, -0.1) is 0 Å². The summed E-state index contributed by atoms with van der Waals surface area (Å²) in [5.74, 6) is 4.44. The molecule has 0 amide bonds. The quantitative estimate of drug-likeness (QED) is 0.662. The van der Waals surface area contributed by atoms with Crippen molar-refractivity contribution in [3.8, 4) is 0 Å². The van der Waals surface area contributed by atoms with Gasteiger partial charge >= 0.3 is 0 Å². The summed E-state index contributed by atoms with van der Waals surface area (Å²) in [7, 11) is 0. The second-order valence-electron chi connectivity index (χ2n) is 6.59. The fraction of sp³-hybridized carbons (Fsp3) is 0.600. The predicted octanol–water partition coefficient (Wildman–Crippen LogP) is 3.06. The zero-order chi connectivity index (χ0) is 15.1. The van der Waals surface area contributed by atoms with Crippen molar-refractivity contribution < 1.29 is 13.5 Å². The maximum Gasteiger partial charge on any atom is 0.130 e. The van der Waals surface area contributed by atoms with Gasteiger partial charge in [0.15, 0.2) is 0 Å².